The summed E-state index contributed by atoms with van der Waals surface area (Å²) in [5, 5.41) is 3.97. The average Bonchev–Trinajstić information content (AvgIpc) is 3.17. The van der Waals surface area contributed by atoms with Crippen LogP contribution in [0.2, 0.25) is 0 Å². The minimum Gasteiger partial charge on any atom is -0.264 e. The van der Waals surface area contributed by atoms with Gasteiger partial charge in [0.2, 0.25) is 0 Å². The Morgan fingerprint density at radius 3 is 2.65 bits per heavy atom. The summed E-state index contributed by atoms with van der Waals surface area (Å²) in [6.45, 7) is 6.88. The van der Waals surface area contributed by atoms with Gasteiger partial charge in [0.15, 0.2) is 0 Å². The molecule has 0 unspecified atom stereocenters. The smallest absolute Gasteiger partial charge is 0.0880 e. The van der Waals surface area contributed by atoms with Crippen molar-refractivity contribution >= 4 is 32.2 Å². The largest absolute Gasteiger partial charge is 0.264 e. The molecule has 0 radical (unpaired) electrons. The summed E-state index contributed by atoms with van der Waals surface area (Å²) in [6, 6.07) is 17.8. The average molecular weight is 421 g/mol. The number of nitrogens with zero attached hydrogens (tertiary/aromatic N) is 2. The van der Waals surface area contributed by atoms with Crippen LogP contribution in [0.15, 0.2) is 67.1 Å². The third-order valence-electron chi connectivity index (χ3n) is 6.44. The third kappa shape index (κ3) is 2.91. The molecule has 0 fully saturated rings. The zero-order valence-corrected chi connectivity index (χ0v) is 18.9. The fourth-order valence-electron chi connectivity index (χ4n) is 4.92. The van der Waals surface area contributed by atoms with E-state index in [9.17, 15) is 0 Å². The van der Waals surface area contributed by atoms with Crippen molar-refractivity contribution in [2.75, 3.05) is 0 Å². The van der Waals surface area contributed by atoms with E-state index < -0.39 is 0 Å². The van der Waals surface area contributed by atoms with E-state index in [2.05, 4.69) is 74.3 Å². The highest BCUT2D eigenvalue weighted by molar-refractivity contribution is 7.23. The first-order valence-electron chi connectivity index (χ1n) is 10.9. The molecule has 0 saturated heterocycles. The summed E-state index contributed by atoms with van der Waals surface area (Å²) >= 11 is 1.89. The van der Waals surface area contributed by atoms with Gasteiger partial charge in [-0.05, 0) is 75.5 Å². The van der Waals surface area contributed by atoms with Crippen LogP contribution in [0, 0.1) is 0 Å². The highest BCUT2D eigenvalue weighted by atomic mass is 32.1. The van der Waals surface area contributed by atoms with Gasteiger partial charge in [0.25, 0.3) is 0 Å². The summed E-state index contributed by atoms with van der Waals surface area (Å²) in [5.74, 6) is 0. The summed E-state index contributed by atoms with van der Waals surface area (Å²) < 4.78 is 1.30. The Morgan fingerprint density at radius 1 is 0.903 bits per heavy atom. The van der Waals surface area contributed by atoms with E-state index in [0.717, 1.165) is 18.5 Å². The first kappa shape index (κ1) is 18.7. The maximum atomic E-state index is 4.90. The van der Waals surface area contributed by atoms with Gasteiger partial charge in [0, 0.05) is 34.4 Å². The van der Waals surface area contributed by atoms with Gasteiger partial charge in [-0.15, -0.1) is 11.3 Å². The molecule has 5 aromatic rings. The fourth-order valence-corrected chi connectivity index (χ4v) is 6.34. The molecule has 3 heterocycles. The van der Waals surface area contributed by atoms with Crippen molar-refractivity contribution in [2.45, 2.75) is 39.0 Å². The first-order chi connectivity index (χ1) is 15.0. The number of hydrogen-bond acceptors (Lipinski definition) is 3. The van der Waals surface area contributed by atoms with Crippen molar-refractivity contribution in [1.82, 2.24) is 9.97 Å². The maximum Gasteiger partial charge on any atom is 0.0880 e. The molecule has 0 spiro atoms. The first-order valence-corrected chi connectivity index (χ1v) is 11.7. The van der Waals surface area contributed by atoms with Crippen molar-refractivity contribution in [3.8, 4) is 21.7 Å². The van der Waals surface area contributed by atoms with Crippen molar-refractivity contribution in [3.05, 3.63) is 83.8 Å². The maximum absolute atomic E-state index is 4.90. The number of benzene rings is 2. The highest BCUT2D eigenvalue weighted by Crippen LogP contribution is 2.46. The van der Waals surface area contributed by atoms with Gasteiger partial charge >= 0.3 is 0 Å². The van der Waals surface area contributed by atoms with Crippen LogP contribution in [0.3, 0.4) is 0 Å². The molecule has 1 aliphatic rings. The summed E-state index contributed by atoms with van der Waals surface area (Å²) in [5.41, 5.74) is 7.92. The molecule has 152 valence electrons. The van der Waals surface area contributed by atoms with Crippen LogP contribution in [0.4, 0.5) is 0 Å². The van der Waals surface area contributed by atoms with Crippen molar-refractivity contribution in [3.63, 3.8) is 0 Å². The van der Waals surface area contributed by atoms with E-state index in [0.29, 0.717) is 0 Å². The molecule has 3 heteroatoms. The van der Waals surface area contributed by atoms with Gasteiger partial charge in [-0.3, -0.25) is 9.97 Å². The van der Waals surface area contributed by atoms with Gasteiger partial charge in [0.05, 0.1) is 10.4 Å². The molecule has 1 aliphatic carbocycles. The molecule has 3 aromatic heterocycles. The standard InChI is InChI=1S/C28H24N2S/c1-28(2,3)24-15-19(14-17-6-4-5-7-20(17)24)25-27-23(11-13-30-25)22-9-8-18-16-29-12-10-21(18)26(22)31-27/h4-7,10-16H,8-9H2,1-3H3. The minimum atomic E-state index is 0.0597. The lowest BCUT2D eigenvalue weighted by atomic mass is 9.82. The number of aromatic nitrogens is 2. The quantitative estimate of drug-likeness (QED) is 0.279. The monoisotopic (exact) mass is 420 g/mol. The van der Waals surface area contributed by atoms with Crippen LogP contribution in [0.25, 0.3) is 42.6 Å². The molecule has 31 heavy (non-hydrogen) atoms. The Bertz CT molecular complexity index is 1470. The molecule has 0 amide bonds. The SMILES string of the molecule is CC(C)(C)c1cc(-c2nccc3c4c(sc23)-c2ccncc2CC4)cc2ccccc12. The molecular weight excluding hydrogens is 396 g/mol. The molecule has 0 N–H and O–H groups in total. The molecule has 0 atom stereocenters. The third-order valence-corrected chi connectivity index (χ3v) is 7.73. The molecule has 2 aromatic carbocycles. The second-order valence-corrected chi connectivity index (χ2v) is 10.5. The van der Waals surface area contributed by atoms with Gasteiger partial charge in [0.1, 0.15) is 0 Å². The Labute approximate surface area is 186 Å². The highest BCUT2D eigenvalue weighted by Gasteiger charge is 2.24. The van der Waals surface area contributed by atoms with Crippen molar-refractivity contribution in [2.24, 2.45) is 0 Å². The van der Waals surface area contributed by atoms with Gasteiger partial charge in [-0.2, -0.15) is 0 Å². The second-order valence-electron chi connectivity index (χ2n) is 9.47. The number of rotatable bonds is 1. The number of fused-ring (bicyclic) bond motifs is 6. The minimum absolute atomic E-state index is 0.0597. The van der Waals surface area contributed by atoms with Crippen LogP contribution in [-0.4, -0.2) is 9.97 Å². The summed E-state index contributed by atoms with van der Waals surface area (Å²) in [4.78, 5) is 10.6. The molecular formula is C28H24N2S. The zero-order chi connectivity index (χ0) is 21.2. The number of aryl methyl sites for hydroxylation is 2. The Kier molecular flexibility index (Phi) is 4.06. The van der Waals surface area contributed by atoms with E-state index in [1.54, 1.807) is 0 Å². The Balaban J connectivity index is 1.64. The van der Waals surface area contributed by atoms with Gasteiger partial charge in [-0.1, -0.05) is 45.0 Å². The normalized spacial score (nSPS) is 13.4. The predicted octanol–water partition coefficient (Wildman–Crippen LogP) is 7.57. The van der Waals surface area contributed by atoms with Gasteiger partial charge in [-0.25, -0.2) is 0 Å². The van der Waals surface area contributed by atoms with E-state index >= 15 is 0 Å². The second kappa shape index (κ2) is 6.73. The van der Waals surface area contributed by atoms with Gasteiger partial charge < -0.3 is 0 Å². The number of pyridine rings is 2. The van der Waals surface area contributed by atoms with E-state index in [4.69, 9.17) is 4.98 Å². The number of thiophene rings is 1. The van der Waals surface area contributed by atoms with Crippen LogP contribution < -0.4 is 0 Å². The summed E-state index contributed by atoms with van der Waals surface area (Å²) in [6.07, 6.45) is 8.06. The molecule has 2 nitrogen and oxygen atoms in total. The zero-order valence-electron chi connectivity index (χ0n) is 18.1. The molecule has 0 aliphatic heterocycles. The van der Waals surface area contributed by atoms with Crippen LogP contribution in [0.5, 0.6) is 0 Å². The van der Waals surface area contributed by atoms with Crippen LogP contribution in [-0.2, 0) is 18.3 Å². The lowest BCUT2D eigenvalue weighted by Crippen LogP contribution is -2.12. The van der Waals surface area contributed by atoms with Crippen molar-refractivity contribution < 1.29 is 0 Å². The predicted molar refractivity (Wildman–Crippen MR) is 132 cm³/mol. The topological polar surface area (TPSA) is 25.8 Å². The van der Waals surface area contributed by atoms with Crippen LogP contribution in [0.1, 0.15) is 37.5 Å². The van der Waals surface area contributed by atoms with E-state index in [1.807, 2.05) is 29.9 Å². The van der Waals surface area contributed by atoms with E-state index in [1.165, 1.54) is 53.6 Å². The molecule has 0 saturated carbocycles. The van der Waals surface area contributed by atoms with E-state index in [-0.39, 0.29) is 5.41 Å². The Morgan fingerprint density at radius 2 is 1.77 bits per heavy atom. The van der Waals surface area contributed by atoms with Crippen molar-refractivity contribution in [1.29, 1.82) is 0 Å². The lowest BCUT2D eigenvalue weighted by Gasteiger charge is -2.22. The molecule has 0 bridgehead atoms. The Hall–Kier alpha value is -3.04. The number of hydrogen-bond donors (Lipinski definition) is 0. The lowest BCUT2D eigenvalue weighted by molar-refractivity contribution is 0.596. The fraction of sp³-hybridized carbons (Fsp3) is 0.214. The molecule has 6 rings (SSSR count). The van der Waals surface area contributed by atoms with Crippen LogP contribution >= 0.6 is 11.3 Å². The summed E-state index contributed by atoms with van der Waals surface area (Å²) in [7, 11) is 0.